The molecule has 0 bridgehead atoms. The van der Waals surface area contributed by atoms with Gasteiger partial charge in [-0.1, -0.05) is 4.86 Å². The average Bonchev–Trinajstić information content (AvgIpc) is 1.62. The van der Waals surface area contributed by atoms with Crippen molar-refractivity contribution in [2.24, 2.45) is 5.11 Å². The first kappa shape index (κ1) is 11.6. The number of hydrogen-bond donors (Lipinski definition) is 2. The van der Waals surface area contributed by atoms with E-state index in [2.05, 4.69) is 5.11 Å². The summed E-state index contributed by atoms with van der Waals surface area (Å²) in [6, 6.07) is 0. The van der Waals surface area contributed by atoms with Crippen LogP contribution < -0.4 is 0 Å². The Hall–Kier alpha value is -1.17. The van der Waals surface area contributed by atoms with Crippen LogP contribution in [0.5, 0.6) is 0 Å². The van der Waals surface area contributed by atoms with E-state index in [9.17, 15) is 5.21 Å². The molecule has 6 heteroatoms. The molecule has 0 aliphatic rings. The first-order chi connectivity index (χ1) is 4.50. The Balaban J connectivity index is 0. The van der Waals surface area contributed by atoms with E-state index in [-0.39, 0.29) is 0 Å². The maximum atomic E-state index is 9.63. The lowest BCUT2D eigenvalue weighted by Crippen LogP contribution is -1.89. The number of carbonyl (C=O) groups is 1. The largest absolute Gasteiger partial charge is 0.600 e. The molecule has 0 atom stereocenters. The van der Waals surface area contributed by atoms with Crippen molar-refractivity contribution in [3.8, 4) is 0 Å². The van der Waals surface area contributed by atoms with E-state index >= 15 is 0 Å². The minimum Gasteiger partial charge on any atom is -0.600 e. The lowest BCUT2D eigenvalue weighted by Gasteiger charge is -1.85. The smallest absolute Gasteiger partial charge is 0.300 e. The van der Waals surface area contributed by atoms with Gasteiger partial charge in [0.15, 0.2) is 13.8 Å². The highest BCUT2D eigenvalue weighted by Gasteiger charge is 1.70. The second kappa shape index (κ2) is 7.83. The minimum atomic E-state index is -0.833. The highest BCUT2D eigenvalue weighted by Crippen LogP contribution is 1.61. The molecular formula is C4H10N2O4. The molecule has 60 valence electrons. The van der Waals surface area contributed by atoms with Crippen LogP contribution in [0.2, 0.25) is 0 Å². The second-order valence-corrected chi connectivity index (χ2v) is 1.27. The summed E-state index contributed by atoms with van der Waals surface area (Å²) in [6.07, 6.45) is 0. The topological polar surface area (TPSA) is 96.0 Å². The molecule has 0 aromatic carbocycles. The molecule has 0 amide bonds. The first-order valence-electron chi connectivity index (χ1n) is 2.39. The number of aliphatic hydroxyl groups is 1. The maximum absolute atomic E-state index is 9.63. The van der Waals surface area contributed by atoms with Crippen molar-refractivity contribution in [1.29, 1.82) is 0 Å². The van der Waals surface area contributed by atoms with Crippen LogP contribution >= 0.6 is 0 Å². The first-order valence-corrected chi connectivity index (χ1v) is 2.39. The Morgan fingerprint density at radius 3 is 2.10 bits per heavy atom. The minimum absolute atomic E-state index is 0.306. The summed E-state index contributed by atoms with van der Waals surface area (Å²) in [7, 11) is 1.20. The Bertz CT molecular complexity index is 114. The van der Waals surface area contributed by atoms with Crippen molar-refractivity contribution in [3.05, 3.63) is 5.21 Å². The lowest BCUT2D eigenvalue weighted by molar-refractivity contribution is -0.502. The third-order valence-electron chi connectivity index (χ3n) is 0.262. The normalized spacial score (nSPS) is 9.70. The molecule has 0 rings (SSSR count). The number of azo groups is 1. The summed E-state index contributed by atoms with van der Waals surface area (Å²) in [4.78, 5) is 9.31. The Labute approximate surface area is 58.0 Å². The van der Waals surface area contributed by atoms with Crippen LogP contribution in [0.1, 0.15) is 6.92 Å². The number of carboxylic acid groups (broad SMARTS) is 1. The summed E-state index contributed by atoms with van der Waals surface area (Å²) in [5.41, 5.74) is 0. The monoisotopic (exact) mass is 150 g/mol. The molecule has 0 heterocycles. The molecule has 0 fully saturated rings. The van der Waals surface area contributed by atoms with E-state index in [4.69, 9.17) is 15.0 Å². The molecule has 0 aromatic rings. The molecule has 0 saturated carbocycles. The van der Waals surface area contributed by atoms with Crippen molar-refractivity contribution in [3.63, 3.8) is 0 Å². The van der Waals surface area contributed by atoms with Gasteiger partial charge < -0.3 is 15.4 Å². The number of nitrogens with zero attached hydrogens (tertiary/aromatic N) is 2. The predicted octanol–water partition coefficient (Wildman–Crippen LogP) is -0.381. The molecule has 0 aliphatic carbocycles. The van der Waals surface area contributed by atoms with Gasteiger partial charge in [-0.05, 0) is 5.11 Å². The van der Waals surface area contributed by atoms with Crippen molar-refractivity contribution in [2.75, 3.05) is 13.8 Å². The fraction of sp³-hybridized carbons (Fsp3) is 0.750. The fourth-order valence-electron chi connectivity index (χ4n) is 0.0891. The number of hydroxylamine groups is 1. The number of rotatable bonds is 1. The van der Waals surface area contributed by atoms with Crippen LogP contribution in [0.15, 0.2) is 5.11 Å². The molecule has 2 N–H and O–H groups in total. The van der Waals surface area contributed by atoms with Crippen molar-refractivity contribution >= 4 is 5.97 Å². The van der Waals surface area contributed by atoms with Gasteiger partial charge in [0.25, 0.3) is 5.97 Å². The molecule has 0 aliphatic heterocycles. The molecule has 0 unspecified atom stereocenters. The van der Waals surface area contributed by atoms with Gasteiger partial charge in [0.2, 0.25) is 0 Å². The molecule has 0 aromatic heterocycles. The lowest BCUT2D eigenvalue weighted by atomic mass is 10.9. The van der Waals surface area contributed by atoms with Crippen LogP contribution in [0.4, 0.5) is 0 Å². The molecule has 6 nitrogen and oxygen atoms in total. The van der Waals surface area contributed by atoms with Gasteiger partial charge in [-0.25, -0.2) is 0 Å². The van der Waals surface area contributed by atoms with Gasteiger partial charge in [0, 0.05) is 6.92 Å². The quantitative estimate of drug-likeness (QED) is 0.302. The van der Waals surface area contributed by atoms with E-state index in [1.807, 2.05) is 0 Å². The zero-order chi connectivity index (χ0) is 8.57. The van der Waals surface area contributed by atoms with E-state index < -0.39 is 12.7 Å². The number of aliphatic carboxylic acids is 1. The van der Waals surface area contributed by atoms with Crippen molar-refractivity contribution < 1.29 is 19.9 Å². The Morgan fingerprint density at radius 2 is 2.10 bits per heavy atom. The zero-order valence-corrected chi connectivity index (χ0v) is 5.81. The van der Waals surface area contributed by atoms with Gasteiger partial charge in [-0.15, -0.1) is 0 Å². The molecule has 10 heavy (non-hydrogen) atoms. The van der Waals surface area contributed by atoms with E-state index in [0.29, 0.717) is 4.86 Å². The van der Waals surface area contributed by atoms with E-state index in [1.54, 1.807) is 0 Å². The van der Waals surface area contributed by atoms with E-state index in [0.717, 1.165) is 6.92 Å². The Kier molecular flexibility index (Phi) is 9.09. The summed E-state index contributed by atoms with van der Waals surface area (Å²) in [6.45, 7) is 0.653. The predicted molar refractivity (Wildman–Crippen MR) is 32.4 cm³/mol. The number of hydrogen-bond acceptors (Lipinski definition) is 4. The molecule has 0 spiro atoms. The second-order valence-electron chi connectivity index (χ2n) is 1.27. The third kappa shape index (κ3) is 69.3. The standard InChI is InChI=1S/C2H6N2O2.C2H4O2/c1-4(6)3-2-5;1-2(3)4/h5H,2H2,1H3;1H3,(H,3,4). The summed E-state index contributed by atoms with van der Waals surface area (Å²) < 4.78 is 0. The molecule has 0 saturated heterocycles. The SMILES string of the molecule is CC(=O)O.C[N+]([O-])=NCO. The van der Waals surface area contributed by atoms with Crippen molar-refractivity contribution in [2.45, 2.75) is 6.92 Å². The van der Waals surface area contributed by atoms with Crippen LogP contribution in [0.3, 0.4) is 0 Å². The number of carboxylic acids is 1. The van der Waals surface area contributed by atoms with Gasteiger partial charge >= 0.3 is 0 Å². The zero-order valence-electron chi connectivity index (χ0n) is 5.81. The molecule has 0 radical (unpaired) electrons. The maximum Gasteiger partial charge on any atom is 0.300 e. The third-order valence-corrected chi connectivity index (χ3v) is 0.262. The summed E-state index contributed by atoms with van der Waals surface area (Å²) >= 11 is 0. The van der Waals surface area contributed by atoms with Gasteiger partial charge in [-0.3, -0.25) is 4.79 Å². The van der Waals surface area contributed by atoms with Gasteiger partial charge in [0.1, 0.15) is 0 Å². The van der Waals surface area contributed by atoms with E-state index in [1.165, 1.54) is 7.05 Å². The average molecular weight is 150 g/mol. The highest BCUT2D eigenvalue weighted by atomic mass is 16.5. The van der Waals surface area contributed by atoms with Gasteiger partial charge in [0.05, 0.1) is 0 Å². The number of aliphatic hydroxyl groups excluding tert-OH is 1. The van der Waals surface area contributed by atoms with Crippen molar-refractivity contribution in [1.82, 2.24) is 0 Å². The molecular weight excluding hydrogens is 140 g/mol. The fourth-order valence-corrected chi connectivity index (χ4v) is 0.0891. The highest BCUT2D eigenvalue weighted by molar-refractivity contribution is 5.62. The van der Waals surface area contributed by atoms with Crippen LogP contribution in [0.25, 0.3) is 0 Å². The summed E-state index contributed by atoms with van der Waals surface area (Å²) in [5, 5.41) is 27.8. The Morgan fingerprint density at radius 1 is 1.80 bits per heavy atom. The van der Waals surface area contributed by atoms with Crippen LogP contribution in [0, 0.1) is 5.21 Å². The summed E-state index contributed by atoms with van der Waals surface area (Å²) in [5.74, 6) is -0.833. The van der Waals surface area contributed by atoms with Crippen LogP contribution in [-0.4, -0.2) is 34.8 Å². The van der Waals surface area contributed by atoms with Crippen LogP contribution in [-0.2, 0) is 4.79 Å². The van der Waals surface area contributed by atoms with Gasteiger partial charge in [-0.2, -0.15) is 0 Å².